The van der Waals surface area contributed by atoms with E-state index in [1.165, 1.54) is 6.21 Å². The van der Waals surface area contributed by atoms with Crippen molar-refractivity contribution in [2.75, 3.05) is 36.5 Å². The number of anilines is 3. The van der Waals surface area contributed by atoms with E-state index in [9.17, 15) is 4.79 Å². The molecule has 3 aromatic rings. The number of rotatable bonds is 6. The summed E-state index contributed by atoms with van der Waals surface area (Å²) in [4.78, 5) is 19.4. The number of H-pyrrole nitrogens is 1. The van der Waals surface area contributed by atoms with Gasteiger partial charge in [-0.15, -0.1) is 0 Å². The first kappa shape index (κ1) is 22.1. The Bertz CT molecular complexity index is 1160. The molecule has 0 aliphatic carbocycles. The Kier molecular flexibility index (Phi) is 6.27. The molecule has 4 N–H and O–H groups in total. The van der Waals surface area contributed by atoms with Gasteiger partial charge in [0.25, 0.3) is 0 Å². The maximum absolute atomic E-state index is 12.3. The van der Waals surface area contributed by atoms with Crippen molar-refractivity contribution < 1.29 is 9.53 Å². The van der Waals surface area contributed by atoms with Crippen molar-refractivity contribution in [3.8, 4) is 11.1 Å². The lowest BCUT2D eigenvalue weighted by Crippen LogP contribution is -2.44. The van der Waals surface area contributed by atoms with Crippen LogP contribution in [0.5, 0.6) is 0 Å². The van der Waals surface area contributed by atoms with Crippen LogP contribution in [0.1, 0.15) is 36.8 Å². The number of morpholine rings is 1. The molecule has 1 amide bonds. The molecule has 1 unspecified atom stereocenters. The Labute approximate surface area is 198 Å². The van der Waals surface area contributed by atoms with E-state index in [1.807, 2.05) is 36.4 Å². The third kappa shape index (κ3) is 4.38. The van der Waals surface area contributed by atoms with E-state index in [2.05, 4.69) is 32.7 Å². The summed E-state index contributed by atoms with van der Waals surface area (Å²) >= 11 is 0. The Balaban J connectivity index is 1.56. The number of pyridine rings is 1. The van der Waals surface area contributed by atoms with Gasteiger partial charge < -0.3 is 25.7 Å². The van der Waals surface area contributed by atoms with Crippen LogP contribution in [-0.4, -0.2) is 59.6 Å². The van der Waals surface area contributed by atoms with Gasteiger partial charge in [-0.3, -0.25) is 9.89 Å². The van der Waals surface area contributed by atoms with Crippen LogP contribution < -0.4 is 15.5 Å². The highest BCUT2D eigenvalue weighted by molar-refractivity contribution is 5.96. The zero-order valence-electron chi connectivity index (χ0n) is 19.2. The summed E-state index contributed by atoms with van der Waals surface area (Å²) in [6, 6.07) is 12.2. The van der Waals surface area contributed by atoms with Crippen molar-refractivity contribution >= 4 is 29.6 Å². The summed E-state index contributed by atoms with van der Waals surface area (Å²) in [6.07, 6.45) is 4.85. The lowest BCUT2D eigenvalue weighted by molar-refractivity contribution is -0.123. The maximum atomic E-state index is 12.3. The molecular formula is C25H29N7O2. The second kappa shape index (κ2) is 9.64. The first-order chi connectivity index (χ1) is 16.6. The molecule has 5 rings (SSSR count). The molecule has 176 valence electrons. The molecule has 4 heterocycles. The number of nitrogens with zero attached hydrogens (tertiary/aromatic N) is 3. The number of ether oxygens (including phenoxy) is 1. The molecule has 2 atom stereocenters. The molecule has 34 heavy (non-hydrogen) atoms. The van der Waals surface area contributed by atoms with Crippen LogP contribution in [0.25, 0.3) is 11.1 Å². The summed E-state index contributed by atoms with van der Waals surface area (Å²) in [7, 11) is 0. The fourth-order valence-electron chi connectivity index (χ4n) is 4.67. The second-order valence-corrected chi connectivity index (χ2v) is 8.76. The first-order valence-electron chi connectivity index (χ1n) is 11.7. The van der Waals surface area contributed by atoms with Gasteiger partial charge in [0.1, 0.15) is 17.5 Å². The van der Waals surface area contributed by atoms with E-state index >= 15 is 0 Å². The Morgan fingerprint density at radius 3 is 2.82 bits per heavy atom. The minimum atomic E-state index is -0.107. The van der Waals surface area contributed by atoms with Crippen LogP contribution in [0.15, 0.2) is 42.6 Å². The van der Waals surface area contributed by atoms with Crippen molar-refractivity contribution in [1.29, 1.82) is 5.41 Å². The standard InChI is InChI=1S/C25H29N7O2/c1-16-15-34-12-11-32(16)23-13-20(21(14-26)24(30-23)29-22-8-10-28-31-22)18-6-4-17(5-7-18)19-3-2-9-27-25(19)33/h4-8,10,13-14,16,19,26H,2-3,9,11-12,15H2,1H3,(H,27,33)(H2,28,29,30,31)/t16-,19?/m1/s1. The van der Waals surface area contributed by atoms with Crippen molar-refractivity contribution in [3.63, 3.8) is 0 Å². The molecule has 9 nitrogen and oxygen atoms in total. The van der Waals surface area contributed by atoms with Gasteiger partial charge in [0.2, 0.25) is 5.91 Å². The van der Waals surface area contributed by atoms with Crippen LogP contribution in [0.4, 0.5) is 17.5 Å². The van der Waals surface area contributed by atoms with E-state index in [1.54, 1.807) is 6.20 Å². The highest BCUT2D eigenvalue weighted by Crippen LogP contribution is 2.34. The van der Waals surface area contributed by atoms with Crippen LogP contribution in [0.2, 0.25) is 0 Å². The maximum Gasteiger partial charge on any atom is 0.227 e. The van der Waals surface area contributed by atoms with Crippen molar-refractivity contribution in [1.82, 2.24) is 20.5 Å². The molecule has 2 aliphatic rings. The lowest BCUT2D eigenvalue weighted by atomic mass is 9.89. The first-order valence-corrected chi connectivity index (χ1v) is 11.7. The van der Waals surface area contributed by atoms with Crippen LogP contribution in [-0.2, 0) is 9.53 Å². The summed E-state index contributed by atoms with van der Waals surface area (Å²) in [5.41, 5.74) is 3.57. The van der Waals surface area contributed by atoms with Gasteiger partial charge >= 0.3 is 0 Å². The molecule has 2 aromatic heterocycles. The third-order valence-corrected chi connectivity index (χ3v) is 6.51. The lowest BCUT2D eigenvalue weighted by Gasteiger charge is -2.35. The number of amides is 1. The quantitative estimate of drug-likeness (QED) is 0.420. The zero-order valence-corrected chi connectivity index (χ0v) is 19.2. The molecule has 0 radical (unpaired) electrons. The fourth-order valence-corrected chi connectivity index (χ4v) is 4.67. The van der Waals surface area contributed by atoms with E-state index in [0.717, 1.165) is 48.4 Å². The largest absolute Gasteiger partial charge is 0.377 e. The molecule has 1 aromatic carbocycles. The minimum absolute atomic E-state index is 0.0951. The number of carbonyl (C=O) groups excluding carboxylic acids is 1. The van der Waals surface area contributed by atoms with Gasteiger partial charge in [0.05, 0.1) is 31.4 Å². The number of piperidine rings is 1. The topological polar surface area (TPSA) is 119 Å². The number of nitrogens with one attached hydrogen (secondary N) is 4. The van der Waals surface area contributed by atoms with Gasteiger partial charge in [-0.2, -0.15) is 5.10 Å². The Hall–Kier alpha value is -3.72. The van der Waals surface area contributed by atoms with E-state index in [4.69, 9.17) is 15.1 Å². The van der Waals surface area contributed by atoms with Crippen LogP contribution in [0, 0.1) is 5.41 Å². The van der Waals surface area contributed by atoms with Gasteiger partial charge in [-0.25, -0.2) is 4.98 Å². The third-order valence-electron chi connectivity index (χ3n) is 6.51. The molecule has 2 aliphatic heterocycles. The summed E-state index contributed by atoms with van der Waals surface area (Å²) in [5.74, 6) is 2.10. The highest BCUT2D eigenvalue weighted by atomic mass is 16.5. The molecule has 2 fully saturated rings. The smallest absolute Gasteiger partial charge is 0.227 e. The van der Waals surface area contributed by atoms with Crippen LogP contribution in [0.3, 0.4) is 0 Å². The molecule has 0 saturated carbocycles. The summed E-state index contributed by atoms with van der Waals surface area (Å²) < 4.78 is 5.62. The van der Waals surface area contributed by atoms with E-state index < -0.39 is 0 Å². The number of aromatic amines is 1. The average molecular weight is 460 g/mol. The number of benzene rings is 1. The van der Waals surface area contributed by atoms with Gasteiger partial charge in [0, 0.05) is 30.9 Å². The SMILES string of the molecule is C[C@@H]1COCCN1c1cc(-c2ccc(C3CCCNC3=O)cc2)c(C=N)c(Nc2ccn[nH]2)n1. The average Bonchev–Trinajstić information content (AvgIpc) is 3.37. The molecule has 0 spiro atoms. The predicted molar refractivity (Wildman–Crippen MR) is 132 cm³/mol. The predicted octanol–water partition coefficient (Wildman–Crippen LogP) is 3.43. The van der Waals surface area contributed by atoms with Crippen molar-refractivity contribution in [2.24, 2.45) is 0 Å². The second-order valence-electron chi connectivity index (χ2n) is 8.76. The summed E-state index contributed by atoms with van der Waals surface area (Å²) in [6.45, 7) is 4.91. The van der Waals surface area contributed by atoms with Gasteiger partial charge in [-0.05, 0) is 42.5 Å². The number of hydrogen-bond donors (Lipinski definition) is 4. The molecule has 9 heteroatoms. The van der Waals surface area contributed by atoms with Gasteiger partial charge in [0.15, 0.2) is 0 Å². The number of hydrogen-bond acceptors (Lipinski definition) is 7. The number of carbonyl (C=O) groups is 1. The van der Waals surface area contributed by atoms with Gasteiger partial charge in [-0.1, -0.05) is 24.3 Å². The Morgan fingerprint density at radius 1 is 1.26 bits per heavy atom. The highest BCUT2D eigenvalue weighted by Gasteiger charge is 2.25. The molecule has 2 saturated heterocycles. The van der Waals surface area contributed by atoms with E-state index in [0.29, 0.717) is 30.4 Å². The summed E-state index contributed by atoms with van der Waals surface area (Å²) in [5, 5.41) is 21.3. The van der Waals surface area contributed by atoms with Crippen molar-refractivity contribution in [3.05, 3.63) is 53.7 Å². The fraction of sp³-hybridized carbons (Fsp3) is 0.360. The van der Waals surface area contributed by atoms with E-state index in [-0.39, 0.29) is 17.9 Å². The number of aromatic nitrogens is 3. The monoisotopic (exact) mass is 459 g/mol. The molecule has 0 bridgehead atoms. The van der Waals surface area contributed by atoms with Crippen LogP contribution >= 0.6 is 0 Å². The Morgan fingerprint density at radius 2 is 2.12 bits per heavy atom. The zero-order chi connectivity index (χ0) is 23.5. The normalized spacial score (nSPS) is 20.6. The molecular weight excluding hydrogens is 430 g/mol. The van der Waals surface area contributed by atoms with Crippen molar-refractivity contribution in [2.45, 2.75) is 31.7 Å². The minimum Gasteiger partial charge on any atom is -0.377 e.